The average Bonchev–Trinajstić information content (AvgIpc) is 3.05. The van der Waals surface area contributed by atoms with Gasteiger partial charge in [-0.15, -0.1) is 0 Å². The molecule has 5 nitrogen and oxygen atoms in total. The minimum Gasteiger partial charge on any atom is -0.494 e. The Morgan fingerprint density at radius 2 is 1.44 bits per heavy atom. The zero-order valence-corrected chi connectivity index (χ0v) is 23.6. The van der Waals surface area contributed by atoms with Gasteiger partial charge in [0, 0.05) is 36.6 Å². The molecule has 0 bridgehead atoms. The van der Waals surface area contributed by atoms with E-state index in [1.165, 1.54) is 16.7 Å². The van der Waals surface area contributed by atoms with Crippen molar-refractivity contribution in [1.29, 1.82) is 0 Å². The number of hydrogen-bond acceptors (Lipinski definition) is 5. The average molecular weight is 550 g/mol. The molecule has 6 rings (SSSR count). The van der Waals surface area contributed by atoms with Crippen LogP contribution >= 0.6 is 0 Å². The van der Waals surface area contributed by atoms with Gasteiger partial charge in [-0.05, 0) is 54.3 Å². The molecular weight excluding hydrogens is 510 g/mol. The van der Waals surface area contributed by atoms with E-state index in [-0.39, 0.29) is 11.8 Å². The number of benzene rings is 4. The Bertz CT molecular complexity index is 1350. The van der Waals surface area contributed by atoms with E-state index < -0.39 is 0 Å². The van der Waals surface area contributed by atoms with E-state index in [4.69, 9.17) is 18.9 Å². The molecule has 0 radical (unpaired) electrons. The van der Waals surface area contributed by atoms with Gasteiger partial charge in [-0.2, -0.15) is 0 Å². The number of unbranched alkanes of at least 4 members (excludes halogenated alkanes) is 1. The van der Waals surface area contributed by atoms with Gasteiger partial charge in [0.1, 0.15) is 23.9 Å². The molecule has 2 aliphatic rings. The summed E-state index contributed by atoms with van der Waals surface area (Å²) in [5, 5.41) is 0. The highest BCUT2D eigenvalue weighted by molar-refractivity contribution is 5.51. The van der Waals surface area contributed by atoms with Crippen LogP contribution in [-0.2, 0) is 11.3 Å². The van der Waals surface area contributed by atoms with Crippen molar-refractivity contribution in [3.63, 3.8) is 0 Å². The van der Waals surface area contributed by atoms with Crippen molar-refractivity contribution < 1.29 is 18.9 Å². The predicted octanol–water partition coefficient (Wildman–Crippen LogP) is 7.06. The van der Waals surface area contributed by atoms with Gasteiger partial charge in [0.25, 0.3) is 0 Å². The lowest BCUT2D eigenvalue weighted by Gasteiger charge is -2.34. The third kappa shape index (κ3) is 7.10. The fraction of sp³-hybridized carbons (Fsp3) is 0.333. The van der Waals surface area contributed by atoms with Crippen LogP contribution in [0.4, 0.5) is 0 Å². The van der Waals surface area contributed by atoms with Crippen LogP contribution in [0.3, 0.4) is 0 Å². The second-order valence-electron chi connectivity index (χ2n) is 10.9. The zero-order chi connectivity index (χ0) is 27.7. The first-order valence-electron chi connectivity index (χ1n) is 14.8. The van der Waals surface area contributed by atoms with E-state index in [0.29, 0.717) is 13.2 Å². The van der Waals surface area contributed by atoms with Gasteiger partial charge in [-0.3, -0.25) is 4.90 Å². The Kier molecular flexibility index (Phi) is 9.15. The number of morpholine rings is 1. The first-order valence-corrected chi connectivity index (χ1v) is 14.8. The maximum atomic E-state index is 6.36. The summed E-state index contributed by atoms with van der Waals surface area (Å²) in [6, 6.07) is 35.9. The maximum absolute atomic E-state index is 6.36. The number of rotatable bonds is 11. The standard InChI is InChI=1S/C36H39NO4/c1-3-9-28(10-4-1)26-40-32-17-18-33-35(25-32)41-27-34(29-11-5-2-6-12-29)36(33)30-13-15-31(16-14-30)39-22-8-7-19-37-20-23-38-24-21-37/h1-6,9-18,25,34,36H,7-8,19-24,26-27H2. The van der Waals surface area contributed by atoms with Crippen LogP contribution < -0.4 is 14.2 Å². The molecule has 2 aliphatic heterocycles. The molecule has 2 unspecified atom stereocenters. The summed E-state index contributed by atoms with van der Waals surface area (Å²) in [5.41, 5.74) is 4.88. The minimum atomic E-state index is 0.173. The summed E-state index contributed by atoms with van der Waals surface area (Å²) in [7, 11) is 0. The van der Waals surface area contributed by atoms with Gasteiger partial charge in [0.15, 0.2) is 0 Å². The van der Waals surface area contributed by atoms with E-state index >= 15 is 0 Å². The summed E-state index contributed by atoms with van der Waals surface area (Å²) in [5.74, 6) is 3.03. The minimum absolute atomic E-state index is 0.173. The molecule has 2 atom stereocenters. The predicted molar refractivity (Wildman–Crippen MR) is 162 cm³/mol. The number of fused-ring (bicyclic) bond motifs is 1. The Hall–Kier alpha value is -3.80. The smallest absolute Gasteiger partial charge is 0.126 e. The van der Waals surface area contributed by atoms with E-state index in [1.807, 2.05) is 24.3 Å². The van der Waals surface area contributed by atoms with Crippen molar-refractivity contribution in [3.8, 4) is 17.2 Å². The van der Waals surface area contributed by atoms with Gasteiger partial charge >= 0.3 is 0 Å². The Morgan fingerprint density at radius 3 is 2.22 bits per heavy atom. The van der Waals surface area contributed by atoms with E-state index in [9.17, 15) is 0 Å². The molecule has 0 aromatic heterocycles. The molecule has 0 aliphatic carbocycles. The third-order valence-electron chi connectivity index (χ3n) is 8.10. The maximum Gasteiger partial charge on any atom is 0.126 e. The van der Waals surface area contributed by atoms with E-state index in [2.05, 4.69) is 83.8 Å². The molecule has 0 spiro atoms. The number of hydrogen-bond donors (Lipinski definition) is 0. The first kappa shape index (κ1) is 27.4. The lowest BCUT2D eigenvalue weighted by Crippen LogP contribution is -2.36. The van der Waals surface area contributed by atoms with Crippen molar-refractivity contribution >= 4 is 0 Å². The summed E-state index contributed by atoms with van der Waals surface area (Å²) < 4.78 is 24.0. The van der Waals surface area contributed by atoms with Crippen molar-refractivity contribution in [2.45, 2.75) is 31.3 Å². The van der Waals surface area contributed by atoms with Crippen molar-refractivity contribution in [2.75, 3.05) is 46.1 Å². The molecule has 1 fully saturated rings. The number of nitrogens with zero attached hydrogens (tertiary/aromatic N) is 1. The second-order valence-corrected chi connectivity index (χ2v) is 10.9. The highest BCUT2D eigenvalue weighted by atomic mass is 16.5. The van der Waals surface area contributed by atoms with Gasteiger partial charge in [-0.25, -0.2) is 0 Å². The SMILES string of the molecule is c1ccc(COc2ccc3c(c2)OCC(c2ccccc2)C3c2ccc(OCCCCN3CCOCC3)cc2)cc1. The zero-order valence-electron chi connectivity index (χ0n) is 23.6. The molecule has 4 aromatic carbocycles. The lowest BCUT2D eigenvalue weighted by atomic mass is 9.76. The van der Waals surface area contributed by atoms with Gasteiger partial charge in [0.05, 0.1) is 26.4 Å². The molecule has 0 amide bonds. The van der Waals surface area contributed by atoms with Crippen LogP contribution in [-0.4, -0.2) is 51.0 Å². The van der Waals surface area contributed by atoms with Gasteiger partial charge < -0.3 is 18.9 Å². The fourth-order valence-corrected chi connectivity index (χ4v) is 5.84. The third-order valence-corrected chi connectivity index (χ3v) is 8.10. The highest BCUT2D eigenvalue weighted by Crippen LogP contribution is 2.47. The largest absolute Gasteiger partial charge is 0.494 e. The molecule has 4 aromatic rings. The first-order chi connectivity index (χ1) is 20.3. The van der Waals surface area contributed by atoms with Crippen LogP contribution in [0.5, 0.6) is 17.2 Å². The molecule has 0 N–H and O–H groups in total. The van der Waals surface area contributed by atoms with Crippen molar-refractivity contribution in [1.82, 2.24) is 4.90 Å². The van der Waals surface area contributed by atoms with E-state index in [0.717, 1.165) is 75.1 Å². The van der Waals surface area contributed by atoms with Crippen LogP contribution in [0.15, 0.2) is 103 Å². The van der Waals surface area contributed by atoms with Crippen LogP contribution in [0.1, 0.15) is 46.9 Å². The monoisotopic (exact) mass is 549 g/mol. The Labute approximate surface area is 243 Å². The Balaban J connectivity index is 1.14. The molecule has 2 heterocycles. The van der Waals surface area contributed by atoms with Crippen molar-refractivity contribution in [3.05, 3.63) is 125 Å². The van der Waals surface area contributed by atoms with E-state index in [1.54, 1.807) is 0 Å². The molecule has 212 valence electrons. The molecule has 41 heavy (non-hydrogen) atoms. The summed E-state index contributed by atoms with van der Waals surface area (Å²) >= 11 is 0. The van der Waals surface area contributed by atoms with Crippen LogP contribution in [0.2, 0.25) is 0 Å². The summed E-state index contributed by atoms with van der Waals surface area (Å²) in [6.45, 7) is 6.81. The molecule has 0 saturated carbocycles. The van der Waals surface area contributed by atoms with Crippen LogP contribution in [0.25, 0.3) is 0 Å². The molecule has 5 heteroatoms. The summed E-state index contributed by atoms with van der Waals surface area (Å²) in [4.78, 5) is 2.48. The second kappa shape index (κ2) is 13.7. The van der Waals surface area contributed by atoms with Crippen LogP contribution in [0, 0.1) is 0 Å². The molecular formula is C36H39NO4. The Morgan fingerprint density at radius 1 is 0.707 bits per heavy atom. The lowest BCUT2D eigenvalue weighted by molar-refractivity contribution is 0.0368. The fourth-order valence-electron chi connectivity index (χ4n) is 5.84. The van der Waals surface area contributed by atoms with Gasteiger partial charge in [0.2, 0.25) is 0 Å². The van der Waals surface area contributed by atoms with Crippen molar-refractivity contribution in [2.24, 2.45) is 0 Å². The highest BCUT2D eigenvalue weighted by Gasteiger charge is 2.33. The quantitative estimate of drug-likeness (QED) is 0.187. The summed E-state index contributed by atoms with van der Waals surface area (Å²) in [6.07, 6.45) is 2.20. The molecule has 1 saturated heterocycles. The normalized spacial score (nSPS) is 18.7. The number of ether oxygens (including phenoxy) is 4. The van der Waals surface area contributed by atoms with Gasteiger partial charge in [-0.1, -0.05) is 78.9 Å². The topological polar surface area (TPSA) is 40.2 Å².